The molecule has 1 aliphatic rings. The van der Waals surface area contributed by atoms with Gasteiger partial charge in [0.05, 0.1) is 19.1 Å². The monoisotopic (exact) mass is 392 g/mol. The highest BCUT2D eigenvalue weighted by molar-refractivity contribution is 5.81. The van der Waals surface area contributed by atoms with E-state index in [-0.39, 0.29) is 17.7 Å². The fraction of sp³-hybridized carbons (Fsp3) is 0.619. The summed E-state index contributed by atoms with van der Waals surface area (Å²) in [5.41, 5.74) is 1.63. The van der Waals surface area contributed by atoms with Gasteiger partial charge in [0.15, 0.2) is 5.96 Å². The van der Waals surface area contributed by atoms with Crippen molar-refractivity contribution < 1.29 is 13.9 Å². The lowest BCUT2D eigenvalue weighted by Crippen LogP contribution is -2.48. The Hall–Kier alpha value is -2.15. The van der Waals surface area contributed by atoms with Gasteiger partial charge in [-0.15, -0.1) is 0 Å². The number of ether oxygens (including phenoxy) is 1. The smallest absolute Gasteiger partial charge is 0.310 e. The van der Waals surface area contributed by atoms with Crippen molar-refractivity contribution in [3.05, 3.63) is 35.1 Å². The molecule has 1 aliphatic heterocycles. The number of likely N-dealkylation sites (tertiary alicyclic amines) is 1. The molecule has 0 aromatic heterocycles. The lowest BCUT2D eigenvalue weighted by Gasteiger charge is -2.34. The van der Waals surface area contributed by atoms with Gasteiger partial charge in [0.2, 0.25) is 0 Å². The van der Waals surface area contributed by atoms with Gasteiger partial charge in [-0.1, -0.05) is 6.07 Å². The van der Waals surface area contributed by atoms with Gasteiger partial charge < -0.3 is 19.9 Å². The van der Waals surface area contributed by atoms with Crippen LogP contribution in [-0.4, -0.2) is 62.1 Å². The van der Waals surface area contributed by atoms with E-state index in [9.17, 15) is 9.18 Å². The number of piperidine rings is 1. The molecule has 0 aliphatic carbocycles. The molecule has 6 nitrogen and oxygen atoms in total. The second kappa shape index (κ2) is 11.0. The van der Waals surface area contributed by atoms with Crippen LogP contribution >= 0.6 is 0 Å². The molecule has 7 heteroatoms. The standard InChI is InChI=1S/C21H33FN4O2/c1-5-23-21(26-11-7-8-17(15-26)20(27)28-6-2)24-13-16-9-10-19(22)18(12-16)14-25(3)4/h9-10,12,17H,5-8,11,13-15H2,1-4H3,(H,23,24). The molecule has 28 heavy (non-hydrogen) atoms. The predicted molar refractivity (Wildman–Crippen MR) is 110 cm³/mol. The molecule has 0 amide bonds. The number of hydrogen-bond acceptors (Lipinski definition) is 4. The summed E-state index contributed by atoms with van der Waals surface area (Å²) in [6.07, 6.45) is 1.78. The Morgan fingerprint density at radius 2 is 2.18 bits per heavy atom. The maximum absolute atomic E-state index is 14.0. The summed E-state index contributed by atoms with van der Waals surface area (Å²) in [7, 11) is 3.84. The topological polar surface area (TPSA) is 57.2 Å². The van der Waals surface area contributed by atoms with Crippen LogP contribution in [0.5, 0.6) is 0 Å². The van der Waals surface area contributed by atoms with Crippen LogP contribution in [0.25, 0.3) is 0 Å². The van der Waals surface area contributed by atoms with E-state index in [0.717, 1.165) is 37.5 Å². The minimum absolute atomic E-state index is 0.116. The van der Waals surface area contributed by atoms with Crippen LogP contribution in [0.1, 0.15) is 37.8 Å². The Morgan fingerprint density at radius 3 is 2.86 bits per heavy atom. The minimum atomic E-state index is -0.193. The van der Waals surface area contributed by atoms with Gasteiger partial charge in [-0.2, -0.15) is 0 Å². The van der Waals surface area contributed by atoms with Crippen molar-refractivity contribution in [2.45, 2.75) is 39.8 Å². The summed E-state index contributed by atoms with van der Waals surface area (Å²) >= 11 is 0. The van der Waals surface area contributed by atoms with Gasteiger partial charge in [0.1, 0.15) is 5.82 Å². The third-order valence-corrected chi connectivity index (χ3v) is 4.68. The molecule has 1 atom stereocenters. The first-order valence-electron chi connectivity index (χ1n) is 10.1. The highest BCUT2D eigenvalue weighted by atomic mass is 19.1. The molecular formula is C21H33FN4O2. The molecule has 0 saturated carbocycles. The van der Waals surface area contributed by atoms with E-state index in [2.05, 4.69) is 10.2 Å². The van der Waals surface area contributed by atoms with E-state index in [0.29, 0.717) is 31.8 Å². The van der Waals surface area contributed by atoms with Crippen molar-refractivity contribution in [2.24, 2.45) is 10.9 Å². The van der Waals surface area contributed by atoms with Gasteiger partial charge >= 0.3 is 5.97 Å². The lowest BCUT2D eigenvalue weighted by molar-refractivity contribution is -0.149. The SMILES string of the molecule is CCNC(=NCc1ccc(F)c(CN(C)C)c1)N1CCCC(C(=O)OCC)C1. The van der Waals surface area contributed by atoms with Crippen LogP contribution in [0, 0.1) is 11.7 Å². The fourth-order valence-corrected chi connectivity index (χ4v) is 3.40. The quantitative estimate of drug-likeness (QED) is 0.439. The molecule has 1 fully saturated rings. The predicted octanol–water partition coefficient (Wildman–Crippen LogP) is 2.63. The minimum Gasteiger partial charge on any atom is -0.466 e. The van der Waals surface area contributed by atoms with Gasteiger partial charge in [-0.3, -0.25) is 4.79 Å². The van der Waals surface area contributed by atoms with Crippen LogP contribution in [0.2, 0.25) is 0 Å². The molecule has 1 heterocycles. The average molecular weight is 393 g/mol. The zero-order valence-electron chi connectivity index (χ0n) is 17.5. The Morgan fingerprint density at radius 1 is 1.39 bits per heavy atom. The molecule has 0 radical (unpaired) electrons. The Kier molecular flexibility index (Phi) is 8.70. The van der Waals surface area contributed by atoms with Crippen LogP contribution in [0.15, 0.2) is 23.2 Å². The molecule has 0 bridgehead atoms. The van der Waals surface area contributed by atoms with E-state index in [1.807, 2.05) is 38.9 Å². The fourth-order valence-electron chi connectivity index (χ4n) is 3.40. The molecule has 0 spiro atoms. The second-order valence-corrected chi connectivity index (χ2v) is 7.37. The number of carbonyl (C=O) groups is 1. The highest BCUT2D eigenvalue weighted by Crippen LogP contribution is 2.19. The molecule has 1 unspecified atom stereocenters. The molecule has 156 valence electrons. The Balaban J connectivity index is 2.10. The third-order valence-electron chi connectivity index (χ3n) is 4.68. The van der Waals surface area contributed by atoms with Crippen molar-refractivity contribution in [1.29, 1.82) is 0 Å². The largest absolute Gasteiger partial charge is 0.466 e. The van der Waals surface area contributed by atoms with E-state index in [1.165, 1.54) is 6.07 Å². The number of benzene rings is 1. The van der Waals surface area contributed by atoms with Crippen LogP contribution in [0.3, 0.4) is 0 Å². The highest BCUT2D eigenvalue weighted by Gasteiger charge is 2.28. The first-order valence-corrected chi connectivity index (χ1v) is 10.1. The van der Waals surface area contributed by atoms with Crippen molar-refractivity contribution >= 4 is 11.9 Å². The number of nitrogens with one attached hydrogen (secondary N) is 1. The summed E-state index contributed by atoms with van der Waals surface area (Å²) in [4.78, 5) is 20.9. The zero-order chi connectivity index (χ0) is 20.5. The van der Waals surface area contributed by atoms with Crippen molar-refractivity contribution in [2.75, 3.05) is 40.3 Å². The number of guanidine groups is 1. The maximum Gasteiger partial charge on any atom is 0.310 e. The van der Waals surface area contributed by atoms with E-state index in [1.54, 1.807) is 6.07 Å². The summed E-state index contributed by atoms with van der Waals surface area (Å²) in [6, 6.07) is 5.16. The van der Waals surface area contributed by atoms with E-state index in [4.69, 9.17) is 9.73 Å². The first kappa shape index (κ1) is 22.1. The summed E-state index contributed by atoms with van der Waals surface area (Å²) in [5.74, 6) is 0.349. The first-order chi connectivity index (χ1) is 13.4. The summed E-state index contributed by atoms with van der Waals surface area (Å²) < 4.78 is 19.2. The number of aliphatic imine (C=N–C) groups is 1. The Labute approximate surface area is 167 Å². The van der Waals surface area contributed by atoms with Crippen LogP contribution < -0.4 is 5.32 Å². The van der Waals surface area contributed by atoms with Crippen molar-refractivity contribution in [1.82, 2.24) is 15.1 Å². The van der Waals surface area contributed by atoms with Crippen molar-refractivity contribution in [3.63, 3.8) is 0 Å². The Bertz CT molecular complexity index is 678. The van der Waals surface area contributed by atoms with Crippen molar-refractivity contribution in [3.8, 4) is 0 Å². The lowest BCUT2D eigenvalue weighted by atomic mass is 9.98. The molecule has 1 N–H and O–H groups in total. The molecular weight excluding hydrogens is 359 g/mol. The molecule has 1 saturated heterocycles. The number of nitrogens with zero attached hydrogens (tertiary/aromatic N) is 3. The number of rotatable bonds is 7. The van der Waals surface area contributed by atoms with E-state index >= 15 is 0 Å². The van der Waals surface area contributed by atoms with E-state index < -0.39 is 0 Å². The number of hydrogen-bond donors (Lipinski definition) is 1. The van der Waals surface area contributed by atoms with Crippen LogP contribution in [0.4, 0.5) is 4.39 Å². The maximum atomic E-state index is 14.0. The van der Waals surface area contributed by atoms with Gasteiger partial charge in [-0.25, -0.2) is 9.38 Å². The van der Waals surface area contributed by atoms with Crippen LogP contribution in [-0.2, 0) is 22.6 Å². The second-order valence-electron chi connectivity index (χ2n) is 7.37. The van der Waals surface area contributed by atoms with Gasteiger partial charge in [0, 0.05) is 31.7 Å². The zero-order valence-corrected chi connectivity index (χ0v) is 17.5. The molecule has 1 aromatic carbocycles. The summed E-state index contributed by atoms with van der Waals surface area (Å²) in [5, 5.41) is 3.31. The average Bonchev–Trinajstić information content (AvgIpc) is 2.67. The number of esters is 1. The number of carbonyl (C=O) groups excluding carboxylic acids is 1. The normalized spacial score (nSPS) is 17.7. The summed E-state index contributed by atoms with van der Waals surface area (Å²) in [6.45, 7) is 7.49. The van der Waals surface area contributed by atoms with Gasteiger partial charge in [0.25, 0.3) is 0 Å². The molecule has 2 rings (SSSR count). The molecule has 1 aromatic rings. The van der Waals surface area contributed by atoms with Gasteiger partial charge in [-0.05, 0) is 58.5 Å². The third kappa shape index (κ3) is 6.48. The number of halogens is 1.